The van der Waals surface area contributed by atoms with Crippen molar-refractivity contribution in [3.63, 3.8) is 0 Å². The van der Waals surface area contributed by atoms with Crippen LogP contribution in [-0.2, 0) is 5.75 Å². The number of anilines is 1. The van der Waals surface area contributed by atoms with Gasteiger partial charge in [0.25, 0.3) is 5.69 Å². The second kappa shape index (κ2) is 5.90. The molecule has 0 aliphatic rings. The molecule has 2 rings (SSSR count). The summed E-state index contributed by atoms with van der Waals surface area (Å²) >= 11 is 7.43. The van der Waals surface area contributed by atoms with E-state index >= 15 is 0 Å². The average molecular weight is 296 g/mol. The van der Waals surface area contributed by atoms with Crippen molar-refractivity contribution in [2.45, 2.75) is 10.6 Å². The zero-order valence-corrected chi connectivity index (χ0v) is 11.3. The van der Waals surface area contributed by atoms with Crippen LogP contribution in [0.15, 0.2) is 41.4 Å². The second-order valence-corrected chi connectivity index (χ2v) is 5.16. The molecule has 0 radical (unpaired) electrons. The predicted molar refractivity (Wildman–Crippen MR) is 76.3 cm³/mol. The number of pyridine rings is 1. The third-order valence-corrected chi connectivity index (χ3v) is 3.80. The quantitative estimate of drug-likeness (QED) is 0.530. The molecule has 1 aromatic heterocycles. The van der Waals surface area contributed by atoms with Gasteiger partial charge in [-0.25, -0.2) is 4.98 Å². The van der Waals surface area contributed by atoms with Crippen LogP contribution in [0.3, 0.4) is 0 Å². The zero-order valence-electron chi connectivity index (χ0n) is 9.75. The van der Waals surface area contributed by atoms with Gasteiger partial charge in [-0.2, -0.15) is 0 Å². The van der Waals surface area contributed by atoms with E-state index in [1.165, 1.54) is 17.8 Å². The van der Waals surface area contributed by atoms with Crippen LogP contribution in [0.5, 0.6) is 0 Å². The highest BCUT2D eigenvalue weighted by molar-refractivity contribution is 7.98. The largest absolute Gasteiger partial charge is 0.384 e. The molecular weight excluding hydrogens is 286 g/mol. The van der Waals surface area contributed by atoms with Gasteiger partial charge in [0, 0.05) is 22.9 Å². The highest BCUT2D eigenvalue weighted by Gasteiger charge is 2.16. The first kappa shape index (κ1) is 13.6. The molecule has 98 valence electrons. The number of hydrogen-bond acceptors (Lipinski definition) is 5. The SMILES string of the molecule is Nc1ccc(SCc2c(Cl)cccc2[N+](=O)[O-])cn1. The lowest BCUT2D eigenvalue weighted by Gasteiger charge is -2.05. The van der Waals surface area contributed by atoms with Gasteiger partial charge in [0.2, 0.25) is 0 Å². The van der Waals surface area contributed by atoms with E-state index in [9.17, 15) is 10.1 Å². The summed E-state index contributed by atoms with van der Waals surface area (Å²) in [5.74, 6) is 0.842. The monoisotopic (exact) mass is 295 g/mol. The lowest BCUT2D eigenvalue weighted by atomic mass is 10.2. The van der Waals surface area contributed by atoms with Crippen LogP contribution in [0.2, 0.25) is 5.02 Å². The van der Waals surface area contributed by atoms with Gasteiger partial charge in [0.1, 0.15) is 5.82 Å². The summed E-state index contributed by atoms with van der Waals surface area (Å²) in [5.41, 5.74) is 6.03. The van der Waals surface area contributed by atoms with Gasteiger partial charge in [0.15, 0.2) is 0 Å². The Morgan fingerprint density at radius 1 is 1.37 bits per heavy atom. The molecule has 7 heteroatoms. The molecule has 0 aliphatic heterocycles. The number of hydrogen-bond donors (Lipinski definition) is 1. The number of nitro groups is 1. The molecule has 5 nitrogen and oxygen atoms in total. The summed E-state index contributed by atoms with van der Waals surface area (Å²) in [6, 6.07) is 8.16. The number of nitrogen functional groups attached to an aromatic ring is 1. The Bertz CT molecular complexity index is 604. The zero-order chi connectivity index (χ0) is 13.8. The number of thioether (sulfide) groups is 1. The Kier molecular flexibility index (Phi) is 4.24. The Balaban J connectivity index is 2.19. The normalized spacial score (nSPS) is 10.4. The molecule has 0 unspecified atom stereocenters. The van der Waals surface area contributed by atoms with Crippen LogP contribution >= 0.6 is 23.4 Å². The molecule has 2 N–H and O–H groups in total. The highest BCUT2D eigenvalue weighted by Crippen LogP contribution is 2.32. The van der Waals surface area contributed by atoms with Gasteiger partial charge in [-0.3, -0.25) is 10.1 Å². The fourth-order valence-electron chi connectivity index (χ4n) is 1.49. The predicted octanol–water partition coefficient (Wildman–Crippen LogP) is 3.52. The van der Waals surface area contributed by atoms with E-state index in [-0.39, 0.29) is 5.69 Å². The molecule has 0 spiro atoms. The molecule has 0 aliphatic carbocycles. The standard InChI is InChI=1S/C12H10ClN3O2S/c13-10-2-1-3-11(16(17)18)9(10)7-19-8-4-5-12(14)15-6-8/h1-6H,7H2,(H2,14,15). The lowest BCUT2D eigenvalue weighted by Crippen LogP contribution is -1.95. The van der Waals surface area contributed by atoms with Gasteiger partial charge in [-0.15, -0.1) is 11.8 Å². The van der Waals surface area contributed by atoms with E-state index in [4.69, 9.17) is 17.3 Å². The lowest BCUT2D eigenvalue weighted by molar-refractivity contribution is -0.385. The third-order valence-electron chi connectivity index (χ3n) is 2.43. The summed E-state index contributed by atoms with van der Waals surface area (Å²) in [6.45, 7) is 0. The maximum atomic E-state index is 10.9. The summed E-state index contributed by atoms with van der Waals surface area (Å²) in [4.78, 5) is 15.4. The molecule has 1 aromatic carbocycles. The minimum atomic E-state index is -0.428. The Morgan fingerprint density at radius 3 is 2.79 bits per heavy atom. The fourth-order valence-corrected chi connectivity index (χ4v) is 2.72. The van der Waals surface area contributed by atoms with Crippen molar-refractivity contribution in [2.75, 3.05) is 5.73 Å². The molecule has 2 aromatic rings. The fraction of sp³-hybridized carbons (Fsp3) is 0.0833. The Hall–Kier alpha value is -1.79. The number of nitro benzene ring substituents is 1. The first-order chi connectivity index (χ1) is 9.08. The average Bonchev–Trinajstić information content (AvgIpc) is 2.39. The minimum absolute atomic E-state index is 0.0309. The van der Waals surface area contributed by atoms with Crippen molar-refractivity contribution >= 4 is 34.9 Å². The third kappa shape index (κ3) is 3.36. The van der Waals surface area contributed by atoms with Gasteiger partial charge >= 0.3 is 0 Å². The van der Waals surface area contributed by atoms with Gasteiger partial charge < -0.3 is 5.73 Å². The first-order valence-corrected chi connectivity index (χ1v) is 6.70. The van der Waals surface area contributed by atoms with E-state index < -0.39 is 4.92 Å². The number of nitrogens with two attached hydrogens (primary N) is 1. The summed E-state index contributed by atoms with van der Waals surface area (Å²) < 4.78 is 0. The topological polar surface area (TPSA) is 82.0 Å². The smallest absolute Gasteiger partial charge is 0.274 e. The number of nitrogens with zero attached hydrogens (tertiary/aromatic N) is 2. The van der Waals surface area contributed by atoms with Crippen molar-refractivity contribution in [1.29, 1.82) is 0 Å². The van der Waals surface area contributed by atoms with Crippen LogP contribution in [0, 0.1) is 10.1 Å². The molecule has 0 amide bonds. The van der Waals surface area contributed by atoms with Crippen molar-refractivity contribution < 1.29 is 4.92 Å². The molecular formula is C12H10ClN3O2S. The first-order valence-electron chi connectivity index (χ1n) is 5.34. The van der Waals surface area contributed by atoms with E-state index in [0.29, 0.717) is 22.2 Å². The van der Waals surface area contributed by atoms with Crippen molar-refractivity contribution in [2.24, 2.45) is 0 Å². The Morgan fingerprint density at radius 2 is 2.16 bits per heavy atom. The van der Waals surface area contributed by atoms with Crippen LogP contribution in [0.25, 0.3) is 0 Å². The van der Waals surface area contributed by atoms with E-state index in [1.807, 2.05) is 6.07 Å². The van der Waals surface area contributed by atoms with Crippen LogP contribution in [0.1, 0.15) is 5.56 Å². The summed E-state index contributed by atoms with van der Waals surface area (Å²) in [7, 11) is 0. The second-order valence-electron chi connectivity index (χ2n) is 3.70. The van der Waals surface area contributed by atoms with Gasteiger partial charge in [0.05, 0.1) is 15.5 Å². The molecule has 0 saturated carbocycles. The molecule has 19 heavy (non-hydrogen) atoms. The number of halogens is 1. The maximum Gasteiger partial charge on any atom is 0.274 e. The summed E-state index contributed by atoms with van der Waals surface area (Å²) in [6.07, 6.45) is 1.63. The summed E-state index contributed by atoms with van der Waals surface area (Å²) in [5, 5.41) is 11.3. The van der Waals surface area contributed by atoms with E-state index in [2.05, 4.69) is 4.98 Å². The highest BCUT2D eigenvalue weighted by atomic mass is 35.5. The molecule has 1 heterocycles. The molecule has 0 fully saturated rings. The van der Waals surface area contributed by atoms with E-state index in [1.54, 1.807) is 24.4 Å². The Labute approximate surface area is 118 Å². The van der Waals surface area contributed by atoms with Gasteiger partial charge in [-0.05, 0) is 18.2 Å². The van der Waals surface area contributed by atoms with Crippen molar-refractivity contribution in [3.05, 3.63) is 57.2 Å². The van der Waals surface area contributed by atoms with E-state index in [0.717, 1.165) is 4.90 Å². The number of aromatic nitrogens is 1. The maximum absolute atomic E-state index is 10.9. The minimum Gasteiger partial charge on any atom is -0.384 e. The molecule has 0 atom stereocenters. The van der Waals surface area contributed by atoms with Crippen LogP contribution in [-0.4, -0.2) is 9.91 Å². The van der Waals surface area contributed by atoms with Crippen molar-refractivity contribution in [3.8, 4) is 0 Å². The molecule has 0 saturated heterocycles. The number of benzene rings is 1. The van der Waals surface area contributed by atoms with Crippen LogP contribution in [0.4, 0.5) is 11.5 Å². The number of rotatable bonds is 4. The molecule has 0 bridgehead atoms. The van der Waals surface area contributed by atoms with Crippen LogP contribution < -0.4 is 5.73 Å². The van der Waals surface area contributed by atoms with Gasteiger partial charge in [-0.1, -0.05) is 17.7 Å². The van der Waals surface area contributed by atoms with Crippen molar-refractivity contribution in [1.82, 2.24) is 4.98 Å².